The zero-order valence-corrected chi connectivity index (χ0v) is 15.4. The van der Waals surface area contributed by atoms with Gasteiger partial charge in [-0.15, -0.1) is 0 Å². The summed E-state index contributed by atoms with van der Waals surface area (Å²) in [5.41, 5.74) is 6.06. The summed E-state index contributed by atoms with van der Waals surface area (Å²) in [5, 5.41) is 5.02. The molecule has 0 aromatic heterocycles. The minimum Gasteiger partial charge on any atom is -0.355 e. The van der Waals surface area contributed by atoms with Crippen LogP contribution in [0.4, 0.5) is 0 Å². The zero-order chi connectivity index (χ0) is 17.5. The van der Waals surface area contributed by atoms with E-state index in [2.05, 4.69) is 10.4 Å². The normalized spacial score (nSPS) is 23.6. The number of carbonyl (C=O) groups excluding carboxylic acids is 2. The Bertz CT molecular complexity index is 453. The number of hydrazine groups is 1. The first-order valence-electron chi connectivity index (χ1n) is 7.72. The Morgan fingerprint density at radius 2 is 2.26 bits per heavy atom. The lowest BCUT2D eigenvalue weighted by molar-refractivity contribution is -0.137. The molecular weight excluding hydrogens is 337 g/mol. The zero-order valence-electron chi connectivity index (χ0n) is 13.7. The number of thioether (sulfide) groups is 1. The first-order valence-corrected chi connectivity index (χ1v) is 10.4. The maximum atomic E-state index is 12.6. The molecule has 3 atom stereocenters. The molecule has 0 aromatic carbocycles. The fourth-order valence-corrected chi connectivity index (χ4v) is 4.18. The van der Waals surface area contributed by atoms with Crippen LogP contribution in [0.5, 0.6) is 0 Å². The second kappa shape index (κ2) is 9.54. The van der Waals surface area contributed by atoms with Crippen molar-refractivity contribution in [3.63, 3.8) is 0 Å². The van der Waals surface area contributed by atoms with E-state index in [4.69, 9.17) is 11.6 Å². The largest absolute Gasteiger partial charge is 0.465 e. The van der Waals surface area contributed by atoms with Crippen molar-refractivity contribution in [2.24, 2.45) is 11.6 Å². The second-order valence-corrected chi connectivity index (χ2v) is 8.21. The second-order valence-electron chi connectivity index (χ2n) is 5.57. The predicted octanol–water partition coefficient (Wildman–Crippen LogP) is 0.117. The van der Waals surface area contributed by atoms with Crippen LogP contribution in [0.3, 0.4) is 0 Å². The third-order valence-corrected chi connectivity index (χ3v) is 6.03. The van der Waals surface area contributed by atoms with E-state index >= 15 is 0 Å². The van der Waals surface area contributed by atoms with E-state index in [1.807, 2.05) is 13.2 Å². The van der Waals surface area contributed by atoms with Gasteiger partial charge in [-0.3, -0.25) is 20.3 Å². The van der Waals surface area contributed by atoms with E-state index in [1.54, 1.807) is 11.8 Å². The van der Waals surface area contributed by atoms with Gasteiger partial charge in [0.2, 0.25) is 5.91 Å². The van der Waals surface area contributed by atoms with Gasteiger partial charge >= 0.3 is 19.1 Å². The molecule has 10 heteroatoms. The molecule has 0 aliphatic carbocycles. The summed E-state index contributed by atoms with van der Waals surface area (Å²) in [7, 11) is -2.31. The maximum Gasteiger partial charge on any atom is 0.465 e. The molecule has 0 aromatic rings. The first kappa shape index (κ1) is 20.3. The van der Waals surface area contributed by atoms with Crippen LogP contribution in [-0.4, -0.2) is 53.2 Å². The van der Waals surface area contributed by atoms with Crippen LogP contribution in [0.25, 0.3) is 0 Å². The van der Waals surface area contributed by atoms with Crippen molar-refractivity contribution in [1.29, 1.82) is 0 Å². The molecule has 1 aliphatic rings. The molecule has 6 N–H and O–H groups in total. The van der Waals surface area contributed by atoms with Crippen LogP contribution in [0.15, 0.2) is 0 Å². The van der Waals surface area contributed by atoms with E-state index in [0.29, 0.717) is 25.9 Å². The molecule has 8 nitrogen and oxygen atoms in total. The minimum absolute atomic E-state index is 0.222. The summed E-state index contributed by atoms with van der Waals surface area (Å²) in [6.07, 6.45) is 4.12. The molecule has 2 unspecified atom stereocenters. The summed E-state index contributed by atoms with van der Waals surface area (Å²) in [6.45, 7) is 2.90. The van der Waals surface area contributed by atoms with Gasteiger partial charge in [-0.2, -0.15) is 11.8 Å². The van der Waals surface area contributed by atoms with Crippen LogP contribution in [-0.2, 0) is 14.2 Å². The fraction of sp³-hybridized carbons (Fsp3) is 0.846. The van der Waals surface area contributed by atoms with Gasteiger partial charge in [0.15, 0.2) is 0 Å². The highest BCUT2D eigenvalue weighted by atomic mass is 32.2. The van der Waals surface area contributed by atoms with E-state index in [-0.39, 0.29) is 12.3 Å². The van der Waals surface area contributed by atoms with Crippen molar-refractivity contribution in [2.45, 2.75) is 43.9 Å². The first-order chi connectivity index (χ1) is 10.9. The van der Waals surface area contributed by atoms with Crippen LogP contribution >= 0.6 is 19.7 Å². The van der Waals surface area contributed by atoms with Gasteiger partial charge in [0.25, 0.3) is 0 Å². The summed E-state index contributed by atoms with van der Waals surface area (Å²) in [6, 6.07) is -0.640. The molecule has 0 spiro atoms. The molecule has 1 rings (SSSR count). The van der Waals surface area contributed by atoms with Gasteiger partial charge in [0.1, 0.15) is 6.04 Å². The Balaban J connectivity index is 2.78. The average molecular weight is 364 g/mol. The molecular formula is C13H27N5O3PS+. The lowest BCUT2D eigenvalue weighted by atomic mass is 10.1. The monoisotopic (exact) mass is 364 g/mol. The highest BCUT2D eigenvalue weighted by Crippen LogP contribution is 2.39. The van der Waals surface area contributed by atoms with E-state index in [1.165, 1.54) is 0 Å². The number of carbonyl (C=O) groups is 2. The lowest BCUT2D eigenvalue weighted by Gasteiger charge is -2.29. The SMILES string of the molecule is CCCNC(=O)C(CCSC)N[P+](=O)[C@@]1(N)CCCN(N)C1=O. The van der Waals surface area contributed by atoms with E-state index in [9.17, 15) is 14.2 Å². The Kier molecular flexibility index (Phi) is 8.42. The number of nitrogens with two attached hydrogens (primary N) is 2. The van der Waals surface area contributed by atoms with Gasteiger partial charge in [-0.05, 0) is 35.8 Å². The Morgan fingerprint density at radius 1 is 1.57 bits per heavy atom. The quantitative estimate of drug-likeness (QED) is 0.260. The van der Waals surface area contributed by atoms with Crippen molar-refractivity contribution in [3.05, 3.63) is 0 Å². The summed E-state index contributed by atoms with van der Waals surface area (Å²) < 4.78 is 12.6. The van der Waals surface area contributed by atoms with Crippen molar-refractivity contribution in [3.8, 4) is 0 Å². The van der Waals surface area contributed by atoms with Crippen LogP contribution in [0, 0.1) is 0 Å². The summed E-state index contributed by atoms with van der Waals surface area (Å²) >= 11 is 1.59. The Hall–Kier alpha value is -0.730. The topological polar surface area (TPSA) is 131 Å². The third kappa shape index (κ3) is 5.39. The molecule has 0 saturated carbocycles. The molecule has 0 radical (unpaired) electrons. The fourth-order valence-electron chi connectivity index (χ4n) is 2.28. The smallest absolute Gasteiger partial charge is 0.355 e. The molecule has 132 valence electrons. The molecule has 1 saturated heterocycles. The number of amides is 2. The predicted molar refractivity (Wildman–Crippen MR) is 92.9 cm³/mol. The molecule has 1 aliphatic heterocycles. The highest BCUT2D eigenvalue weighted by Gasteiger charge is 2.57. The standard InChI is InChI=1S/C13H26N5O3PS/c1-3-7-16-11(19)10(5-9-23-2)17-22(21)13(14)6-4-8-18(15)12(13)20/h10H,3-9,14-15H2,1-2H3,(H-,16,17,19,21)/p+1/t10?,13-/m0/s1. The summed E-state index contributed by atoms with van der Waals surface area (Å²) in [4.78, 5) is 24.4. The Morgan fingerprint density at radius 3 is 2.87 bits per heavy atom. The van der Waals surface area contributed by atoms with Crippen molar-refractivity contribution < 1.29 is 14.2 Å². The molecule has 23 heavy (non-hydrogen) atoms. The number of rotatable bonds is 9. The van der Waals surface area contributed by atoms with Gasteiger partial charge in [-0.1, -0.05) is 12.0 Å². The van der Waals surface area contributed by atoms with Gasteiger partial charge < -0.3 is 5.32 Å². The Labute approximate surface area is 142 Å². The lowest BCUT2D eigenvalue weighted by Crippen LogP contribution is -2.60. The highest BCUT2D eigenvalue weighted by molar-refractivity contribution is 7.98. The minimum atomic E-state index is -2.31. The molecule has 0 bridgehead atoms. The maximum absolute atomic E-state index is 12.6. The number of hydrogen-bond acceptors (Lipinski definition) is 6. The van der Waals surface area contributed by atoms with Crippen molar-refractivity contribution in [2.75, 3.05) is 25.1 Å². The van der Waals surface area contributed by atoms with Crippen LogP contribution < -0.4 is 22.0 Å². The van der Waals surface area contributed by atoms with Crippen molar-refractivity contribution >= 4 is 31.5 Å². The van der Waals surface area contributed by atoms with Gasteiger partial charge in [0, 0.05) is 19.5 Å². The van der Waals surface area contributed by atoms with Gasteiger partial charge in [-0.25, -0.2) is 5.84 Å². The number of piperidine rings is 1. The van der Waals surface area contributed by atoms with E-state index < -0.39 is 25.2 Å². The van der Waals surface area contributed by atoms with E-state index in [0.717, 1.165) is 17.2 Å². The number of nitrogens with one attached hydrogen (secondary N) is 2. The summed E-state index contributed by atoms with van der Waals surface area (Å²) in [5.74, 6) is 5.56. The van der Waals surface area contributed by atoms with Crippen LogP contribution in [0.1, 0.15) is 32.6 Å². The number of hydrogen-bond donors (Lipinski definition) is 4. The van der Waals surface area contributed by atoms with Crippen molar-refractivity contribution in [1.82, 2.24) is 15.4 Å². The average Bonchev–Trinajstić information content (AvgIpc) is 2.53. The molecule has 2 amide bonds. The van der Waals surface area contributed by atoms with Crippen LogP contribution in [0.2, 0.25) is 0 Å². The molecule has 1 heterocycles. The van der Waals surface area contributed by atoms with Gasteiger partial charge in [0.05, 0.1) is 0 Å². The molecule has 1 fully saturated rings. The third-order valence-electron chi connectivity index (χ3n) is 3.70. The number of nitrogens with zero attached hydrogens (tertiary/aromatic N) is 1.